The highest BCUT2D eigenvalue weighted by molar-refractivity contribution is 5.68. The van der Waals surface area contributed by atoms with E-state index in [1.807, 2.05) is 36.4 Å². The summed E-state index contributed by atoms with van der Waals surface area (Å²) in [5, 5.41) is 31.3. The molecule has 1 atom stereocenters. The van der Waals surface area contributed by atoms with Crippen LogP contribution in [0.5, 0.6) is 17.2 Å². The summed E-state index contributed by atoms with van der Waals surface area (Å²) in [5.74, 6) is 0.494. The smallest absolute Gasteiger partial charge is 0.306 e. The molecule has 0 saturated heterocycles. The lowest BCUT2D eigenvalue weighted by Gasteiger charge is -2.19. The van der Waals surface area contributed by atoms with E-state index in [2.05, 4.69) is 36.5 Å². The van der Waals surface area contributed by atoms with Crippen molar-refractivity contribution in [3.05, 3.63) is 113 Å². The van der Waals surface area contributed by atoms with Crippen LogP contribution < -0.4 is 19.5 Å². The molecule has 1 unspecified atom stereocenters. The van der Waals surface area contributed by atoms with Gasteiger partial charge in [0.25, 0.3) is 0 Å². The molecule has 8 heteroatoms. The van der Waals surface area contributed by atoms with Crippen molar-refractivity contribution in [2.24, 2.45) is 0 Å². The van der Waals surface area contributed by atoms with Crippen LogP contribution in [0.2, 0.25) is 0 Å². The number of nitriles is 1. The van der Waals surface area contributed by atoms with Gasteiger partial charge in [-0.05, 0) is 46.9 Å². The molecule has 42 heavy (non-hydrogen) atoms. The van der Waals surface area contributed by atoms with Crippen molar-refractivity contribution >= 4 is 5.97 Å². The van der Waals surface area contributed by atoms with Gasteiger partial charge in [0, 0.05) is 25.2 Å². The standard InChI is InChI=1S/C34H34N2O6/c1-23-27(12-7-13-30(23)26-10-4-3-5-11-26)22-41-29-16-32(40-2)31(20-36-19-28(37)15-34(38)39)33(17-29)42-21-25-9-6-8-24(14-25)18-35/h3-14,16-17,28,36-37H,15,19-22H2,1-2H3,(H,38,39). The summed E-state index contributed by atoms with van der Waals surface area (Å²) in [6.45, 7) is 2.95. The van der Waals surface area contributed by atoms with Gasteiger partial charge >= 0.3 is 5.97 Å². The molecule has 0 radical (unpaired) electrons. The van der Waals surface area contributed by atoms with Gasteiger partial charge in [-0.1, -0.05) is 60.7 Å². The summed E-state index contributed by atoms with van der Waals surface area (Å²) >= 11 is 0. The number of aliphatic carboxylic acids is 1. The Labute approximate surface area is 245 Å². The lowest BCUT2D eigenvalue weighted by Crippen LogP contribution is -2.28. The van der Waals surface area contributed by atoms with Gasteiger partial charge in [0.05, 0.1) is 36.8 Å². The van der Waals surface area contributed by atoms with Crippen LogP contribution in [0.3, 0.4) is 0 Å². The molecule has 4 aromatic rings. The molecule has 4 rings (SSSR count). The Bertz CT molecular complexity index is 1550. The second kappa shape index (κ2) is 14.7. The third kappa shape index (κ3) is 8.10. The number of hydrogen-bond acceptors (Lipinski definition) is 7. The van der Waals surface area contributed by atoms with E-state index in [-0.39, 0.29) is 26.1 Å². The average molecular weight is 567 g/mol. The number of ether oxygens (including phenoxy) is 3. The maximum atomic E-state index is 10.9. The molecule has 216 valence electrons. The molecular formula is C34H34N2O6. The predicted octanol–water partition coefficient (Wildman–Crippen LogP) is 5.63. The number of aliphatic hydroxyl groups excluding tert-OH is 1. The zero-order valence-corrected chi connectivity index (χ0v) is 23.7. The van der Waals surface area contributed by atoms with E-state index in [1.165, 1.54) is 0 Å². The number of carboxylic acid groups (broad SMARTS) is 1. The quantitative estimate of drug-likeness (QED) is 0.180. The minimum Gasteiger partial charge on any atom is -0.496 e. The number of carboxylic acids is 1. The van der Waals surface area contributed by atoms with E-state index in [9.17, 15) is 15.2 Å². The monoisotopic (exact) mass is 566 g/mol. The SMILES string of the molecule is COc1cc(OCc2cccc(-c3ccccc3)c2C)cc(OCc2cccc(C#N)c2)c1CNCC(O)CC(=O)O. The Morgan fingerprint density at radius 1 is 0.952 bits per heavy atom. The Kier molecular flexibility index (Phi) is 10.5. The van der Waals surface area contributed by atoms with Crippen LogP contribution in [-0.4, -0.2) is 35.9 Å². The van der Waals surface area contributed by atoms with Crippen LogP contribution in [0.15, 0.2) is 84.9 Å². The second-order valence-electron chi connectivity index (χ2n) is 9.83. The largest absolute Gasteiger partial charge is 0.496 e. The molecule has 4 aromatic carbocycles. The Morgan fingerprint density at radius 2 is 1.71 bits per heavy atom. The summed E-state index contributed by atoms with van der Waals surface area (Å²) in [7, 11) is 1.55. The highest BCUT2D eigenvalue weighted by atomic mass is 16.5. The number of hydrogen-bond donors (Lipinski definition) is 3. The Balaban J connectivity index is 1.57. The van der Waals surface area contributed by atoms with Crippen LogP contribution in [0.25, 0.3) is 11.1 Å². The molecule has 0 aromatic heterocycles. The molecule has 0 saturated carbocycles. The number of carbonyl (C=O) groups is 1. The highest BCUT2D eigenvalue weighted by Gasteiger charge is 2.17. The van der Waals surface area contributed by atoms with Crippen molar-refractivity contribution in [2.75, 3.05) is 13.7 Å². The van der Waals surface area contributed by atoms with Crippen molar-refractivity contribution in [2.45, 2.75) is 39.2 Å². The number of nitrogens with one attached hydrogen (secondary N) is 1. The predicted molar refractivity (Wildman–Crippen MR) is 159 cm³/mol. The molecular weight excluding hydrogens is 532 g/mol. The average Bonchev–Trinajstić information content (AvgIpc) is 3.00. The third-order valence-corrected chi connectivity index (χ3v) is 6.83. The first-order valence-corrected chi connectivity index (χ1v) is 13.6. The van der Waals surface area contributed by atoms with E-state index < -0.39 is 12.1 Å². The molecule has 0 aliphatic carbocycles. The van der Waals surface area contributed by atoms with Gasteiger partial charge in [0.1, 0.15) is 30.5 Å². The molecule has 0 fully saturated rings. The van der Waals surface area contributed by atoms with Crippen molar-refractivity contribution in [1.82, 2.24) is 5.32 Å². The van der Waals surface area contributed by atoms with Crippen LogP contribution in [0, 0.1) is 18.3 Å². The molecule has 0 amide bonds. The fraction of sp³-hybridized carbons (Fsp3) is 0.235. The second-order valence-corrected chi connectivity index (χ2v) is 9.83. The molecule has 8 nitrogen and oxygen atoms in total. The van der Waals surface area contributed by atoms with Crippen molar-refractivity contribution in [3.63, 3.8) is 0 Å². The molecule has 3 N–H and O–H groups in total. The normalized spacial score (nSPS) is 11.4. The minimum atomic E-state index is -1.07. The summed E-state index contributed by atoms with van der Waals surface area (Å²) in [5.41, 5.74) is 6.50. The van der Waals surface area contributed by atoms with Crippen molar-refractivity contribution in [1.29, 1.82) is 5.26 Å². The Morgan fingerprint density at radius 3 is 2.45 bits per heavy atom. The third-order valence-electron chi connectivity index (χ3n) is 6.83. The van der Waals surface area contributed by atoms with Gasteiger partial charge in [-0.3, -0.25) is 4.79 Å². The van der Waals surface area contributed by atoms with E-state index in [0.29, 0.717) is 35.0 Å². The maximum Gasteiger partial charge on any atom is 0.306 e. The summed E-state index contributed by atoms with van der Waals surface area (Å²) < 4.78 is 18.2. The zero-order valence-electron chi connectivity index (χ0n) is 23.7. The maximum absolute atomic E-state index is 10.9. The van der Waals surface area contributed by atoms with Gasteiger partial charge in [-0.2, -0.15) is 5.26 Å². The van der Waals surface area contributed by atoms with Gasteiger partial charge in [0.15, 0.2) is 0 Å². The van der Waals surface area contributed by atoms with Gasteiger partial charge in [0.2, 0.25) is 0 Å². The topological polar surface area (TPSA) is 121 Å². The van der Waals surface area contributed by atoms with E-state index in [0.717, 1.165) is 27.8 Å². The summed E-state index contributed by atoms with van der Waals surface area (Å²) in [4.78, 5) is 10.9. The fourth-order valence-electron chi connectivity index (χ4n) is 4.62. The molecule has 0 bridgehead atoms. The lowest BCUT2D eigenvalue weighted by molar-refractivity contribution is -0.139. The summed E-state index contributed by atoms with van der Waals surface area (Å²) in [6, 6.07) is 29.2. The highest BCUT2D eigenvalue weighted by Crippen LogP contribution is 2.36. The first-order chi connectivity index (χ1) is 20.4. The first kappa shape index (κ1) is 30.1. The fourth-order valence-corrected chi connectivity index (χ4v) is 4.62. The minimum absolute atomic E-state index is 0.0778. The van der Waals surface area contributed by atoms with Crippen molar-refractivity contribution in [3.8, 4) is 34.4 Å². The summed E-state index contributed by atoms with van der Waals surface area (Å²) in [6.07, 6.45) is -1.40. The van der Waals surface area contributed by atoms with Crippen LogP contribution in [-0.2, 0) is 24.6 Å². The van der Waals surface area contributed by atoms with Gasteiger partial charge < -0.3 is 29.7 Å². The van der Waals surface area contributed by atoms with Crippen LogP contribution >= 0.6 is 0 Å². The lowest BCUT2D eigenvalue weighted by atomic mass is 9.97. The van der Waals surface area contributed by atoms with Crippen LogP contribution in [0.4, 0.5) is 0 Å². The number of rotatable bonds is 14. The van der Waals surface area contributed by atoms with E-state index in [1.54, 1.807) is 37.4 Å². The number of aliphatic hydroxyl groups is 1. The van der Waals surface area contributed by atoms with E-state index in [4.69, 9.17) is 19.3 Å². The Hall–Kier alpha value is -4.84. The molecule has 0 aliphatic rings. The molecule has 0 spiro atoms. The van der Waals surface area contributed by atoms with Gasteiger partial charge in [-0.25, -0.2) is 0 Å². The van der Waals surface area contributed by atoms with Crippen LogP contribution in [0.1, 0.15) is 34.2 Å². The van der Waals surface area contributed by atoms with Crippen molar-refractivity contribution < 1.29 is 29.2 Å². The van der Waals surface area contributed by atoms with E-state index >= 15 is 0 Å². The zero-order chi connectivity index (χ0) is 29.9. The number of benzene rings is 4. The first-order valence-electron chi connectivity index (χ1n) is 13.6. The number of methoxy groups -OCH3 is 1. The number of nitrogens with zero attached hydrogens (tertiary/aromatic N) is 1. The van der Waals surface area contributed by atoms with Gasteiger partial charge in [-0.15, -0.1) is 0 Å². The molecule has 0 heterocycles. The molecule has 0 aliphatic heterocycles.